The zero-order valence-corrected chi connectivity index (χ0v) is 14.9. The van der Waals surface area contributed by atoms with Gasteiger partial charge in [0.1, 0.15) is 5.82 Å². The molecule has 0 aliphatic rings. The fourth-order valence-electron chi connectivity index (χ4n) is 2.50. The van der Waals surface area contributed by atoms with Gasteiger partial charge < -0.3 is 9.47 Å². The van der Waals surface area contributed by atoms with Gasteiger partial charge in [-0.3, -0.25) is 4.79 Å². The van der Waals surface area contributed by atoms with Crippen LogP contribution >= 0.6 is 22.9 Å². The van der Waals surface area contributed by atoms with Gasteiger partial charge in [-0.1, -0.05) is 35.9 Å². The number of nitrogens with zero attached hydrogens (tertiary/aromatic N) is 3. The molecule has 0 atom stereocenters. The number of amides is 1. The second-order valence-corrected chi connectivity index (χ2v) is 6.71. The van der Waals surface area contributed by atoms with E-state index in [0.717, 1.165) is 21.3 Å². The molecule has 0 saturated carbocycles. The van der Waals surface area contributed by atoms with Crippen LogP contribution in [0.15, 0.2) is 54.2 Å². The standard InChI is InChI=1S/C18H18ClN3OS/c1-2-21(18(23)16-8-5-11-24-16)13-17-20-9-10-22(17)12-14-6-3-4-7-15(14)19/h3-11H,2,12-13H2,1H3. The van der Waals surface area contributed by atoms with Crippen LogP contribution in [0.5, 0.6) is 0 Å². The molecular weight excluding hydrogens is 342 g/mol. The number of carbonyl (C=O) groups is 1. The molecule has 0 aliphatic carbocycles. The maximum atomic E-state index is 12.6. The minimum atomic E-state index is 0.0415. The Morgan fingerprint density at radius 3 is 2.83 bits per heavy atom. The van der Waals surface area contributed by atoms with Crippen LogP contribution in [0, 0.1) is 0 Å². The zero-order chi connectivity index (χ0) is 16.9. The number of aromatic nitrogens is 2. The molecule has 2 aromatic heterocycles. The predicted molar refractivity (Wildman–Crippen MR) is 97.5 cm³/mol. The summed E-state index contributed by atoms with van der Waals surface area (Å²) in [6, 6.07) is 11.5. The molecule has 2 heterocycles. The van der Waals surface area contributed by atoms with Gasteiger partial charge in [-0.25, -0.2) is 4.98 Å². The van der Waals surface area contributed by atoms with E-state index in [1.165, 1.54) is 11.3 Å². The molecule has 0 N–H and O–H groups in total. The van der Waals surface area contributed by atoms with Crippen LogP contribution < -0.4 is 0 Å². The number of thiophene rings is 1. The largest absolute Gasteiger partial charge is 0.331 e. The van der Waals surface area contributed by atoms with Crippen molar-refractivity contribution < 1.29 is 4.79 Å². The summed E-state index contributed by atoms with van der Waals surface area (Å²) in [5.74, 6) is 0.890. The van der Waals surface area contributed by atoms with Crippen LogP contribution in [0.1, 0.15) is 28.0 Å². The predicted octanol–water partition coefficient (Wildman–Crippen LogP) is 4.31. The van der Waals surface area contributed by atoms with E-state index < -0.39 is 0 Å². The molecule has 0 bridgehead atoms. The number of carbonyl (C=O) groups excluding carboxylic acids is 1. The molecule has 1 aromatic carbocycles. The summed E-state index contributed by atoms with van der Waals surface area (Å²) in [6.07, 6.45) is 3.68. The maximum Gasteiger partial charge on any atom is 0.264 e. The third-order valence-corrected chi connectivity index (χ3v) is 5.06. The van der Waals surface area contributed by atoms with Crippen molar-refractivity contribution in [3.63, 3.8) is 0 Å². The van der Waals surface area contributed by atoms with Crippen molar-refractivity contribution >= 4 is 28.8 Å². The lowest BCUT2D eigenvalue weighted by Gasteiger charge is -2.20. The monoisotopic (exact) mass is 359 g/mol. The Bertz CT molecular complexity index is 813. The Balaban J connectivity index is 1.77. The van der Waals surface area contributed by atoms with Crippen LogP contribution in [0.3, 0.4) is 0 Å². The average molecular weight is 360 g/mol. The normalized spacial score (nSPS) is 10.8. The van der Waals surface area contributed by atoms with Gasteiger partial charge in [0, 0.05) is 24.0 Å². The minimum Gasteiger partial charge on any atom is -0.331 e. The number of hydrogen-bond acceptors (Lipinski definition) is 3. The fraction of sp³-hybridized carbons (Fsp3) is 0.222. The summed E-state index contributed by atoms with van der Waals surface area (Å²) in [5, 5.41) is 2.65. The molecule has 6 heteroatoms. The summed E-state index contributed by atoms with van der Waals surface area (Å²) in [5.41, 5.74) is 1.03. The Morgan fingerprint density at radius 1 is 1.29 bits per heavy atom. The number of halogens is 1. The van der Waals surface area contributed by atoms with Crippen molar-refractivity contribution in [3.8, 4) is 0 Å². The summed E-state index contributed by atoms with van der Waals surface area (Å²) >= 11 is 7.71. The highest BCUT2D eigenvalue weighted by atomic mass is 35.5. The van der Waals surface area contributed by atoms with E-state index in [1.807, 2.05) is 59.5 Å². The molecule has 3 aromatic rings. The first kappa shape index (κ1) is 16.7. The lowest BCUT2D eigenvalue weighted by atomic mass is 10.2. The molecule has 124 valence electrons. The molecule has 4 nitrogen and oxygen atoms in total. The topological polar surface area (TPSA) is 38.1 Å². The molecule has 3 rings (SSSR count). The Morgan fingerprint density at radius 2 is 2.12 bits per heavy atom. The van der Waals surface area contributed by atoms with E-state index in [9.17, 15) is 4.79 Å². The maximum absolute atomic E-state index is 12.6. The van der Waals surface area contributed by atoms with Crippen LogP contribution in [0.2, 0.25) is 5.02 Å². The van der Waals surface area contributed by atoms with Crippen LogP contribution in [-0.2, 0) is 13.1 Å². The van der Waals surface area contributed by atoms with E-state index >= 15 is 0 Å². The van der Waals surface area contributed by atoms with Gasteiger partial charge >= 0.3 is 0 Å². The van der Waals surface area contributed by atoms with Gasteiger partial charge in [0.2, 0.25) is 0 Å². The third kappa shape index (κ3) is 3.68. The Kier molecular flexibility index (Phi) is 5.33. The van der Waals surface area contributed by atoms with E-state index in [2.05, 4.69) is 4.98 Å². The molecule has 0 radical (unpaired) electrons. The third-order valence-electron chi connectivity index (χ3n) is 3.83. The van der Waals surface area contributed by atoms with Gasteiger partial charge in [0.15, 0.2) is 0 Å². The highest BCUT2D eigenvalue weighted by Crippen LogP contribution is 2.18. The first-order chi connectivity index (χ1) is 11.7. The lowest BCUT2D eigenvalue weighted by molar-refractivity contribution is 0.0752. The zero-order valence-electron chi connectivity index (χ0n) is 13.4. The van der Waals surface area contributed by atoms with E-state index in [4.69, 9.17) is 11.6 Å². The highest BCUT2D eigenvalue weighted by Gasteiger charge is 2.17. The molecule has 0 unspecified atom stereocenters. The van der Waals surface area contributed by atoms with Crippen molar-refractivity contribution in [3.05, 3.63) is 75.5 Å². The lowest BCUT2D eigenvalue weighted by Crippen LogP contribution is -2.31. The Hall–Kier alpha value is -2.11. The van der Waals surface area contributed by atoms with Crippen molar-refractivity contribution in [2.45, 2.75) is 20.0 Å². The molecule has 0 fully saturated rings. The van der Waals surface area contributed by atoms with Crippen molar-refractivity contribution in [2.75, 3.05) is 6.54 Å². The first-order valence-electron chi connectivity index (χ1n) is 7.75. The summed E-state index contributed by atoms with van der Waals surface area (Å²) in [4.78, 5) is 19.5. The molecule has 1 amide bonds. The molecule has 0 aliphatic heterocycles. The smallest absolute Gasteiger partial charge is 0.264 e. The highest BCUT2D eigenvalue weighted by molar-refractivity contribution is 7.12. The second kappa shape index (κ2) is 7.64. The quantitative estimate of drug-likeness (QED) is 0.657. The average Bonchev–Trinajstić information content (AvgIpc) is 3.26. The number of imidazole rings is 1. The van der Waals surface area contributed by atoms with E-state index in [-0.39, 0.29) is 5.91 Å². The van der Waals surface area contributed by atoms with E-state index in [0.29, 0.717) is 19.6 Å². The van der Waals surface area contributed by atoms with Gasteiger partial charge in [-0.15, -0.1) is 11.3 Å². The second-order valence-electron chi connectivity index (χ2n) is 5.36. The first-order valence-corrected chi connectivity index (χ1v) is 9.01. The number of hydrogen-bond donors (Lipinski definition) is 0. The van der Waals surface area contributed by atoms with Crippen LogP contribution in [0.4, 0.5) is 0 Å². The summed E-state index contributed by atoms with van der Waals surface area (Å²) < 4.78 is 2.03. The van der Waals surface area contributed by atoms with Crippen molar-refractivity contribution in [2.24, 2.45) is 0 Å². The fourth-order valence-corrected chi connectivity index (χ4v) is 3.39. The SMILES string of the molecule is CCN(Cc1nccn1Cc1ccccc1Cl)C(=O)c1cccs1. The van der Waals surface area contributed by atoms with Crippen molar-refractivity contribution in [1.82, 2.24) is 14.5 Å². The number of benzene rings is 1. The molecular formula is C18H18ClN3OS. The summed E-state index contributed by atoms with van der Waals surface area (Å²) in [7, 11) is 0. The van der Waals surface area contributed by atoms with Gasteiger partial charge in [0.05, 0.1) is 18.0 Å². The van der Waals surface area contributed by atoms with Crippen LogP contribution in [-0.4, -0.2) is 26.9 Å². The molecule has 0 spiro atoms. The summed E-state index contributed by atoms with van der Waals surface area (Å²) in [6.45, 7) is 3.73. The van der Waals surface area contributed by atoms with Gasteiger partial charge in [-0.2, -0.15) is 0 Å². The van der Waals surface area contributed by atoms with E-state index in [1.54, 1.807) is 11.1 Å². The van der Waals surface area contributed by atoms with Gasteiger partial charge in [-0.05, 0) is 30.0 Å². The number of rotatable bonds is 6. The van der Waals surface area contributed by atoms with Crippen molar-refractivity contribution in [1.29, 1.82) is 0 Å². The van der Waals surface area contributed by atoms with Gasteiger partial charge in [0.25, 0.3) is 5.91 Å². The Labute approximate surface area is 150 Å². The van der Waals surface area contributed by atoms with Crippen LogP contribution in [0.25, 0.3) is 0 Å². The minimum absolute atomic E-state index is 0.0415. The molecule has 0 saturated heterocycles. The molecule has 24 heavy (non-hydrogen) atoms.